The molecule has 4 nitrogen and oxygen atoms in total. The fraction of sp³-hybridized carbons (Fsp3) is 0.588. The number of hydrogen-bond acceptors (Lipinski definition) is 3. The van der Waals surface area contributed by atoms with E-state index in [0.29, 0.717) is 6.54 Å². The van der Waals surface area contributed by atoms with Crippen LogP contribution >= 0.6 is 0 Å². The summed E-state index contributed by atoms with van der Waals surface area (Å²) in [7, 11) is 1.71. The number of nitrogens with zero attached hydrogens (tertiary/aromatic N) is 2. The Bertz CT molecular complexity index is 495. The number of rotatable bonds is 4. The molecule has 0 radical (unpaired) electrons. The van der Waals surface area contributed by atoms with Crippen LogP contribution in [-0.4, -0.2) is 50.6 Å². The topological polar surface area (TPSA) is 35.6 Å². The number of para-hydroxylation sites is 1. The third kappa shape index (κ3) is 3.38. The predicted molar refractivity (Wildman–Crippen MR) is 85.6 cm³/mol. The van der Waals surface area contributed by atoms with E-state index in [1.54, 1.807) is 7.05 Å². The van der Waals surface area contributed by atoms with Crippen molar-refractivity contribution in [3.05, 3.63) is 29.8 Å². The van der Waals surface area contributed by atoms with E-state index in [2.05, 4.69) is 39.4 Å². The Morgan fingerprint density at radius 2 is 2.00 bits per heavy atom. The average Bonchev–Trinajstić information content (AvgIpc) is 2.92. The van der Waals surface area contributed by atoms with Crippen molar-refractivity contribution in [2.45, 2.75) is 19.3 Å². The molecule has 1 aromatic carbocycles. The lowest BCUT2D eigenvalue weighted by molar-refractivity contribution is -0.122. The molecule has 1 fully saturated rings. The third-order valence-corrected chi connectivity index (χ3v) is 4.82. The van der Waals surface area contributed by atoms with Crippen molar-refractivity contribution in [1.29, 1.82) is 0 Å². The van der Waals surface area contributed by atoms with Gasteiger partial charge in [-0.2, -0.15) is 0 Å². The van der Waals surface area contributed by atoms with Gasteiger partial charge in [-0.25, -0.2) is 0 Å². The molecule has 1 N–H and O–H groups in total. The molecule has 0 unspecified atom stereocenters. The van der Waals surface area contributed by atoms with Crippen molar-refractivity contribution in [2.75, 3.05) is 44.7 Å². The minimum atomic E-state index is 0.127. The summed E-state index contributed by atoms with van der Waals surface area (Å²) in [5, 5.41) is 2.70. The molecule has 0 atom stereocenters. The maximum Gasteiger partial charge on any atom is 0.233 e. The second kappa shape index (κ2) is 6.48. The number of hydrogen-bond donors (Lipinski definition) is 1. The quantitative estimate of drug-likeness (QED) is 0.912. The van der Waals surface area contributed by atoms with Crippen molar-refractivity contribution in [3.8, 4) is 0 Å². The van der Waals surface area contributed by atoms with E-state index in [9.17, 15) is 4.79 Å². The molecular formula is C17H25N3O. The first-order valence-corrected chi connectivity index (χ1v) is 8.02. The number of nitrogens with one attached hydrogen (secondary N) is 1. The fourth-order valence-corrected chi connectivity index (χ4v) is 3.52. The first kappa shape index (κ1) is 14.4. The number of carbonyl (C=O) groups is 1. The van der Waals surface area contributed by atoms with Crippen LogP contribution in [-0.2, 0) is 11.2 Å². The summed E-state index contributed by atoms with van der Waals surface area (Å²) in [5.41, 5.74) is 2.93. The number of benzene rings is 1. The van der Waals surface area contributed by atoms with Gasteiger partial charge in [0.25, 0.3) is 0 Å². The molecule has 0 spiro atoms. The van der Waals surface area contributed by atoms with Crippen molar-refractivity contribution in [3.63, 3.8) is 0 Å². The highest BCUT2D eigenvalue weighted by molar-refractivity contribution is 5.77. The van der Waals surface area contributed by atoms with E-state index in [1.807, 2.05) is 0 Å². The highest BCUT2D eigenvalue weighted by atomic mass is 16.1. The third-order valence-electron chi connectivity index (χ3n) is 4.82. The number of piperidine rings is 1. The molecule has 0 aromatic heterocycles. The number of amides is 1. The zero-order valence-electron chi connectivity index (χ0n) is 12.8. The molecule has 3 rings (SSSR count). The molecule has 0 saturated carbocycles. The second-order valence-corrected chi connectivity index (χ2v) is 6.22. The van der Waals surface area contributed by atoms with Crippen molar-refractivity contribution >= 4 is 11.6 Å². The maximum absolute atomic E-state index is 11.4. The van der Waals surface area contributed by atoms with Gasteiger partial charge in [0.1, 0.15) is 0 Å². The van der Waals surface area contributed by atoms with Gasteiger partial charge >= 0.3 is 0 Å². The monoisotopic (exact) mass is 287 g/mol. The average molecular weight is 287 g/mol. The Morgan fingerprint density at radius 1 is 1.24 bits per heavy atom. The lowest BCUT2D eigenvalue weighted by Gasteiger charge is -2.34. The Kier molecular flexibility index (Phi) is 4.44. The summed E-state index contributed by atoms with van der Waals surface area (Å²) in [4.78, 5) is 16.2. The van der Waals surface area contributed by atoms with Gasteiger partial charge in [-0.15, -0.1) is 0 Å². The minimum absolute atomic E-state index is 0.127. The van der Waals surface area contributed by atoms with Crippen molar-refractivity contribution in [2.24, 2.45) is 5.92 Å². The van der Waals surface area contributed by atoms with Crippen LogP contribution < -0.4 is 10.2 Å². The van der Waals surface area contributed by atoms with Crippen LogP contribution in [0.5, 0.6) is 0 Å². The Balaban J connectivity index is 1.49. The van der Waals surface area contributed by atoms with Crippen LogP contribution in [0, 0.1) is 5.92 Å². The minimum Gasteiger partial charge on any atom is -0.371 e. The Labute approximate surface area is 127 Å². The van der Waals surface area contributed by atoms with Gasteiger partial charge in [-0.05, 0) is 49.9 Å². The normalized spacial score (nSPS) is 19.6. The Hall–Kier alpha value is -1.55. The van der Waals surface area contributed by atoms with Crippen LogP contribution in [0.2, 0.25) is 0 Å². The summed E-state index contributed by atoms with van der Waals surface area (Å²) in [6, 6.07) is 8.78. The largest absolute Gasteiger partial charge is 0.371 e. The Morgan fingerprint density at radius 3 is 2.76 bits per heavy atom. The number of likely N-dealkylation sites (tertiary alicyclic amines) is 1. The van der Waals surface area contributed by atoms with E-state index in [-0.39, 0.29) is 5.91 Å². The van der Waals surface area contributed by atoms with Crippen LogP contribution in [0.3, 0.4) is 0 Å². The van der Waals surface area contributed by atoms with Gasteiger partial charge in [0, 0.05) is 25.8 Å². The van der Waals surface area contributed by atoms with E-state index in [4.69, 9.17) is 0 Å². The fourth-order valence-electron chi connectivity index (χ4n) is 3.52. The molecule has 2 aliphatic heterocycles. The van der Waals surface area contributed by atoms with Crippen molar-refractivity contribution in [1.82, 2.24) is 10.2 Å². The number of anilines is 1. The van der Waals surface area contributed by atoms with Crippen LogP contribution in [0.4, 0.5) is 5.69 Å². The highest BCUT2D eigenvalue weighted by Gasteiger charge is 2.25. The van der Waals surface area contributed by atoms with Crippen molar-refractivity contribution < 1.29 is 4.79 Å². The van der Waals surface area contributed by atoms with E-state index < -0.39 is 0 Å². The summed E-state index contributed by atoms with van der Waals surface area (Å²) >= 11 is 0. The molecule has 0 bridgehead atoms. The lowest BCUT2D eigenvalue weighted by atomic mass is 9.96. The zero-order valence-corrected chi connectivity index (χ0v) is 12.8. The molecule has 1 aromatic rings. The first-order chi connectivity index (χ1) is 10.3. The standard InChI is InChI=1S/C17H25N3O/c1-18-17(21)13-19-9-6-14(7-10-19)12-20-11-8-15-4-2-3-5-16(15)20/h2-5,14H,6-13H2,1H3,(H,18,21). The molecule has 2 aliphatic rings. The molecule has 1 saturated heterocycles. The summed E-state index contributed by atoms with van der Waals surface area (Å²) < 4.78 is 0. The summed E-state index contributed by atoms with van der Waals surface area (Å²) in [6.07, 6.45) is 3.59. The highest BCUT2D eigenvalue weighted by Crippen LogP contribution is 2.29. The predicted octanol–water partition coefficient (Wildman–Crippen LogP) is 1.51. The summed E-state index contributed by atoms with van der Waals surface area (Å²) in [5.74, 6) is 0.888. The molecule has 2 heterocycles. The first-order valence-electron chi connectivity index (χ1n) is 8.02. The van der Waals surface area contributed by atoms with Gasteiger partial charge in [-0.1, -0.05) is 18.2 Å². The van der Waals surface area contributed by atoms with E-state index in [0.717, 1.165) is 25.6 Å². The maximum atomic E-state index is 11.4. The van der Waals surface area contributed by atoms with Gasteiger partial charge < -0.3 is 10.2 Å². The van der Waals surface area contributed by atoms with Gasteiger partial charge in [-0.3, -0.25) is 9.69 Å². The lowest BCUT2D eigenvalue weighted by Crippen LogP contribution is -2.42. The zero-order chi connectivity index (χ0) is 14.7. The SMILES string of the molecule is CNC(=O)CN1CCC(CN2CCc3ccccc32)CC1. The van der Waals surface area contributed by atoms with Gasteiger partial charge in [0.05, 0.1) is 6.54 Å². The van der Waals surface area contributed by atoms with E-state index >= 15 is 0 Å². The molecule has 1 amide bonds. The smallest absolute Gasteiger partial charge is 0.233 e. The molecule has 114 valence electrons. The molecule has 4 heteroatoms. The van der Waals surface area contributed by atoms with Gasteiger partial charge in [0.2, 0.25) is 5.91 Å². The van der Waals surface area contributed by atoms with Crippen LogP contribution in [0.1, 0.15) is 18.4 Å². The number of likely N-dealkylation sites (N-methyl/N-ethyl adjacent to an activating group) is 1. The molecular weight excluding hydrogens is 262 g/mol. The molecule has 0 aliphatic carbocycles. The summed E-state index contributed by atoms with van der Waals surface area (Å²) in [6.45, 7) is 4.99. The van der Waals surface area contributed by atoms with Crippen LogP contribution in [0.15, 0.2) is 24.3 Å². The van der Waals surface area contributed by atoms with Crippen LogP contribution in [0.25, 0.3) is 0 Å². The number of fused-ring (bicyclic) bond motifs is 1. The van der Waals surface area contributed by atoms with E-state index in [1.165, 1.54) is 37.1 Å². The van der Waals surface area contributed by atoms with Gasteiger partial charge in [0.15, 0.2) is 0 Å². The molecule has 21 heavy (non-hydrogen) atoms. The number of carbonyl (C=O) groups excluding carboxylic acids is 1. The second-order valence-electron chi connectivity index (χ2n) is 6.22.